The van der Waals surface area contributed by atoms with Gasteiger partial charge in [0.1, 0.15) is 5.82 Å². The number of hydrogen-bond donors (Lipinski definition) is 1. The Morgan fingerprint density at radius 1 is 1.03 bits per heavy atom. The third-order valence-electron chi connectivity index (χ3n) is 3.93. The van der Waals surface area contributed by atoms with Gasteiger partial charge in [0.25, 0.3) is 17.6 Å². The summed E-state index contributed by atoms with van der Waals surface area (Å²) in [5, 5.41) is 9.84. The minimum Gasteiger partial charge on any atom is -0.450 e. The van der Waals surface area contributed by atoms with Gasteiger partial charge in [-0.1, -0.05) is 12.1 Å². The molecular weight excluding hydrogens is 443 g/mol. The molecule has 4 rings (SSSR count). The number of amides is 2. The fourth-order valence-corrected chi connectivity index (χ4v) is 3.87. The average Bonchev–Trinajstić information content (AvgIpc) is 3.53. The largest absolute Gasteiger partial charge is 0.450 e. The van der Waals surface area contributed by atoms with Crippen LogP contribution in [0.25, 0.3) is 16.4 Å². The second-order valence-corrected chi connectivity index (χ2v) is 7.95. The normalized spacial score (nSPS) is 10.6. The number of hydrogen-bond acceptors (Lipinski definition) is 8. The molecule has 0 spiro atoms. The van der Waals surface area contributed by atoms with Crippen molar-refractivity contribution in [1.29, 1.82) is 0 Å². The molecule has 0 unspecified atom stereocenters. The molecule has 0 saturated carbocycles. The second-order valence-electron chi connectivity index (χ2n) is 6.06. The summed E-state index contributed by atoms with van der Waals surface area (Å²) in [5.74, 6) is -2.60. The molecule has 11 heteroatoms. The summed E-state index contributed by atoms with van der Waals surface area (Å²) in [6, 6.07) is 12.4. The Hall–Kier alpha value is -3.70. The highest BCUT2D eigenvalue weighted by Gasteiger charge is 2.22. The molecule has 0 aliphatic heterocycles. The third kappa shape index (κ3) is 4.73. The number of benzene rings is 1. The lowest BCUT2D eigenvalue weighted by Gasteiger charge is -2.04. The summed E-state index contributed by atoms with van der Waals surface area (Å²) in [5.41, 5.74) is 0.496. The van der Waals surface area contributed by atoms with E-state index < -0.39 is 30.2 Å². The summed E-state index contributed by atoms with van der Waals surface area (Å²) in [4.78, 5) is 41.5. The van der Waals surface area contributed by atoms with Gasteiger partial charge in [0.05, 0.1) is 15.4 Å². The van der Waals surface area contributed by atoms with Crippen LogP contribution < -0.4 is 5.32 Å². The standard InChI is InChI=1S/C20H13FN4O4S2/c21-12-5-7-13(8-6-12)25-18(14-3-1-9-30-14)23-17(24-25)20(28)29-11-16(26)22-19(27)15-4-2-10-31-15/h1-10H,11H2,(H,22,26,27). The summed E-state index contributed by atoms with van der Waals surface area (Å²) < 4.78 is 19.6. The van der Waals surface area contributed by atoms with E-state index in [1.807, 2.05) is 11.4 Å². The molecule has 3 aromatic heterocycles. The number of thiophene rings is 2. The van der Waals surface area contributed by atoms with Crippen LogP contribution in [0.15, 0.2) is 59.3 Å². The predicted octanol–water partition coefficient (Wildman–Crippen LogP) is 3.31. The van der Waals surface area contributed by atoms with E-state index in [0.717, 1.165) is 4.88 Å². The Labute approximate surface area is 182 Å². The minimum atomic E-state index is -0.933. The Balaban J connectivity index is 1.49. The van der Waals surface area contributed by atoms with Crippen molar-refractivity contribution in [2.24, 2.45) is 0 Å². The molecule has 8 nitrogen and oxygen atoms in total. The molecule has 3 heterocycles. The van der Waals surface area contributed by atoms with Crippen molar-refractivity contribution >= 4 is 40.5 Å². The van der Waals surface area contributed by atoms with E-state index in [0.29, 0.717) is 16.4 Å². The van der Waals surface area contributed by atoms with E-state index in [1.165, 1.54) is 51.6 Å². The Kier molecular flexibility index (Phi) is 5.96. The van der Waals surface area contributed by atoms with Gasteiger partial charge in [-0.05, 0) is 47.2 Å². The first kappa shape index (κ1) is 20.6. The van der Waals surface area contributed by atoms with E-state index >= 15 is 0 Å². The summed E-state index contributed by atoms with van der Waals surface area (Å²) in [6.45, 7) is -0.671. The molecule has 1 aromatic carbocycles. The minimum absolute atomic E-state index is 0.273. The van der Waals surface area contributed by atoms with Crippen LogP contribution in [0.4, 0.5) is 4.39 Å². The van der Waals surface area contributed by atoms with Crippen LogP contribution >= 0.6 is 22.7 Å². The number of carbonyl (C=O) groups is 3. The smallest absolute Gasteiger partial charge is 0.378 e. The molecule has 0 aliphatic carbocycles. The number of ether oxygens (including phenoxy) is 1. The zero-order valence-electron chi connectivity index (χ0n) is 15.6. The van der Waals surface area contributed by atoms with Crippen molar-refractivity contribution in [1.82, 2.24) is 20.1 Å². The number of nitrogens with zero attached hydrogens (tertiary/aromatic N) is 3. The topological polar surface area (TPSA) is 103 Å². The van der Waals surface area contributed by atoms with Gasteiger partial charge in [0, 0.05) is 0 Å². The highest BCUT2D eigenvalue weighted by atomic mass is 32.1. The van der Waals surface area contributed by atoms with Crippen LogP contribution in [-0.2, 0) is 9.53 Å². The first-order valence-electron chi connectivity index (χ1n) is 8.83. The van der Waals surface area contributed by atoms with Crippen molar-refractivity contribution in [2.45, 2.75) is 0 Å². The predicted molar refractivity (Wildman–Crippen MR) is 112 cm³/mol. The first-order valence-corrected chi connectivity index (χ1v) is 10.6. The SMILES string of the molecule is O=C(COC(=O)c1nc(-c2cccs2)n(-c2ccc(F)cc2)n1)NC(=O)c1cccs1. The van der Waals surface area contributed by atoms with Gasteiger partial charge < -0.3 is 4.74 Å². The number of esters is 1. The molecule has 0 aliphatic rings. The van der Waals surface area contributed by atoms with Gasteiger partial charge in [-0.3, -0.25) is 14.9 Å². The molecule has 0 radical (unpaired) electrons. The monoisotopic (exact) mass is 456 g/mol. The molecule has 1 N–H and O–H groups in total. The number of carbonyl (C=O) groups excluding carboxylic acids is 3. The zero-order valence-corrected chi connectivity index (χ0v) is 17.3. The highest BCUT2D eigenvalue weighted by Crippen LogP contribution is 2.25. The summed E-state index contributed by atoms with van der Waals surface area (Å²) in [6.07, 6.45) is 0. The van der Waals surface area contributed by atoms with Crippen molar-refractivity contribution in [3.63, 3.8) is 0 Å². The number of aromatic nitrogens is 3. The molecule has 2 amide bonds. The fraction of sp³-hybridized carbons (Fsp3) is 0.0500. The van der Waals surface area contributed by atoms with E-state index in [-0.39, 0.29) is 5.82 Å². The maximum absolute atomic E-state index is 13.3. The molecule has 0 saturated heterocycles. The van der Waals surface area contributed by atoms with Crippen molar-refractivity contribution in [2.75, 3.05) is 6.61 Å². The fourth-order valence-electron chi connectivity index (χ4n) is 2.55. The van der Waals surface area contributed by atoms with Gasteiger partial charge >= 0.3 is 5.97 Å². The van der Waals surface area contributed by atoms with Crippen molar-refractivity contribution < 1.29 is 23.5 Å². The van der Waals surface area contributed by atoms with E-state index in [1.54, 1.807) is 23.6 Å². The van der Waals surface area contributed by atoms with Crippen LogP contribution in [0.2, 0.25) is 0 Å². The van der Waals surface area contributed by atoms with Crippen LogP contribution in [0, 0.1) is 5.82 Å². The van der Waals surface area contributed by atoms with Gasteiger partial charge in [0.15, 0.2) is 12.4 Å². The maximum atomic E-state index is 13.3. The van der Waals surface area contributed by atoms with Crippen molar-refractivity contribution in [3.8, 4) is 16.4 Å². The van der Waals surface area contributed by atoms with Gasteiger partial charge in [-0.2, -0.15) is 4.98 Å². The van der Waals surface area contributed by atoms with Crippen LogP contribution in [0.5, 0.6) is 0 Å². The summed E-state index contributed by atoms with van der Waals surface area (Å²) in [7, 11) is 0. The zero-order chi connectivity index (χ0) is 21.8. The number of rotatable bonds is 6. The Morgan fingerprint density at radius 2 is 1.77 bits per heavy atom. The van der Waals surface area contributed by atoms with Gasteiger partial charge in [0.2, 0.25) is 0 Å². The Bertz CT molecular complexity index is 1220. The highest BCUT2D eigenvalue weighted by molar-refractivity contribution is 7.13. The average molecular weight is 456 g/mol. The van der Waals surface area contributed by atoms with E-state index in [4.69, 9.17) is 4.74 Å². The number of imide groups is 1. The first-order chi connectivity index (χ1) is 15.0. The molecule has 4 aromatic rings. The second kappa shape index (κ2) is 8.98. The molecule has 0 fully saturated rings. The van der Waals surface area contributed by atoms with Crippen LogP contribution in [-0.4, -0.2) is 39.2 Å². The summed E-state index contributed by atoms with van der Waals surface area (Å²) >= 11 is 2.57. The van der Waals surface area contributed by atoms with Gasteiger partial charge in [-0.15, -0.1) is 27.8 Å². The molecule has 0 atom stereocenters. The van der Waals surface area contributed by atoms with E-state index in [9.17, 15) is 18.8 Å². The molecular formula is C20H13FN4O4S2. The van der Waals surface area contributed by atoms with E-state index in [2.05, 4.69) is 15.4 Å². The Morgan fingerprint density at radius 3 is 2.45 bits per heavy atom. The van der Waals surface area contributed by atoms with Crippen LogP contribution in [0.1, 0.15) is 20.3 Å². The lowest BCUT2D eigenvalue weighted by molar-refractivity contribution is -0.123. The maximum Gasteiger partial charge on any atom is 0.378 e. The lowest BCUT2D eigenvalue weighted by atomic mass is 10.3. The van der Waals surface area contributed by atoms with Gasteiger partial charge in [-0.25, -0.2) is 13.9 Å². The quantitative estimate of drug-likeness (QED) is 0.447. The molecule has 31 heavy (non-hydrogen) atoms. The number of halogens is 1. The third-order valence-corrected chi connectivity index (χ3v) is 5.67. The van der Waals surface area contributed by atoms with Crippen molar-refractivity contribution in [3.05, 3.63) is 75.8 Å². The molecule has 156 valence electrons. The lowest BCUT2D eigenvalue weighted by Crippen LogP contribution is -2.33. The van der Waals surface area contributed by atoms with Crippen LogP contribution in [0.3, 0.4) is 0 Å². The number of nitrogens with one attached hydrogen (secondary N) is 1. The molecule has 0 bridgehead atoms.